The summed E-state index contributed by atoms with van der Waals surface area (Å²) in [6.45, 7) is 2.86. The van der Waals surface area contributed by atoms with Gasteiger partial charge < -0.3 is 14.7 Å². The molecule has 1 atom stereocenters. The van der Waals surface area contributed by atoms with Gasteiger partial charge in [-0.25, -0.2) is 13.1 Å². The van der Waals surface area contributed by atoms with Crippen molar-refractivity contribution >= 4 is 21.9 Å². The van der Waals surface area contributed by atoms with Crippen molar-refractivity contribution < 1.29 is 27.9 Å². The number of nitrogens with zero attached hydrogens (tertiary/aromatic N) is 1. The number of hydrogen-bond acceptors (Lipinski definition) is 5. The summed E-state index contributed by atoms with van der Waals surface area (Å²) in [4.78, 5) is 23.8. The number of ether oxygens (including phenoxy) is 1. The minimum Gasteiger partial charge on any atom is -0.480 e. The van der Waals surface area contributed by atoms with Gasteiger partial charge in [-0.3, -0.25) is 9.59 Å². The molecule has 2 N–H and O–H groups in total. The molecule has 0 saturated heterocycles. The van der Waals surface area contributed by atoms with Crippen molar-refractivity contribution in [3.8, 4) is 0 Å². The highest BCUT2D eigenvalue weighted by Gasteiger charge is 2.25. The molecule has 0 bridgehead atoms. The third-order valence-electron chi connectivity index (χ3n) is 2.40. The van der Waals surface area contributed by atoms with Gasteiger partial charge in [0.2, 0.25) is 15.9 Å². The topological polar surface area (TPSA) is 113 Å². The quantitative estimate of drug-likeness (QED) is 0.550. The van der Waals surface area contributed by atoms with Crippen LogP contribution in [0.25, 0.3) is 0 Å². The molecule has 0 spiro atoms. The molecule has 1 unspecified atom stereocenters. The number of nitrogens with one attached hydrogen (secondary N) is 1. The maximum Gasteiger partial charge on any atom is 0.323 e. The number of carboxylic acids is 1. The number of hydrogen-bond donors (Lipinski definition) is 2. The normalized spacial score (nSPS) is 12.9. The Morgan fingerprint density at radius 2 is 2.00 bits per heavy atom. The van der Waals surface area contributed by atoms with Crippen LogP contribution in [0, 0.1) is 0 Å². The Balaban J connectivity index is 4.73. The highest BCUT2D eigenvalue weighted by Crippen LogP contribution is 1.99. The molecule has 0 aliphatic rings. The molecule has 0 aliphatic heterocycles. The Morgan fingerprint density at radius 3 is 2.45 bits per heavy atom. The van der Waals surface area contributed by atoms with E-state index in [0.29, 0.717) is 6.42 Å². The predicted octanol–water partition coefficient (Wildman–Crippen LogP) is -0.736. The molecule has 20 heavy (non-hydrogen) atoms. The minimum atomic E-state index is -3.53. The zero-order valence-electron chi connectivity index (χ0n) is 12.0. The average Bonchev–Trinajstić information content (AvgIpc) is 2.32. The molecular formula is C11H22N2O6S. The largest absolute Gasteiger partial charge is 0.480 e. The van der Waals surface area contributed by atoms with Gasteiger partial charge in [0.25, 0.3) is 0 Å². The van der Waals surface area contributed by atoms with Crippen LogP contribution in [-0.2, 0) is 24.3 Å². The maximum absolute atomic E-state index is 12.0. The summed E-state index contributed by atoms with van der Waals surface area (Å²) in [5, 5.41) is 8.76. The molecule has 9 heteroatoms. The molecule has 0 aromatic carbocycles. The number of methoxy groups -OCH3 is 1. The van der Waals surface area contributed by atoms with Gasteiger partial charge in [-0.05, 0) is 13.3 Å². The van der Waals surface area contributed by atoms with Crippen LogP contribution in [0.5, 0.6) is 0 Å². The van der Waals surface area contributed by atoms with Crippen LogP contribution >= 0.6 is 0 Å². The van der Waals surface area contributed by atoms with Crippen LogP contribution < -0.4 is 4.72 Å². The van der Waals surface area contributed by atoms with Crippen molar-refractivity contribution in [2.75, 3.05) is 32.6 Å². The lowest BCUT2D eigenvalue weighted by molar-refractivity contribution is -0.145. The van der Waals surface area contributed by atoms with E-state index in [1.165, 1.54) is 14.0 Å². The molecule has 1 amide bonds. The minimum absolute atomic E-state index is 0.0817. The molecule has 0 saturated carbocycles. The molecule has 0 rings (SSSR count). The van der Waals surface area contributed by atoms with Gasteiger partial charge in [0.05, 0.1) is 18.4 Å². The number of amides is 1. The van der Waals surface area contributed by atoms with Gasteiger partial charge in [-0.2, -0.15) is 0 Å². The predicted molar refractivity (Wildman–Crippen MR) is 72.8 cm³/mol. The van der Waals surface area contributed by atoms with Crippen LogP contribution in [-0.4, -0.2) is 68.9 Å². The van der Waals surface area contributed by atoms with E-state index in [4.69, 9.17) is 9.84 Å². The van der Waals surface area contributed by atoms with Gasteiger partial charge >= 0.3 is 5.97 Å². The van der Waals surface area contributed by atoms with Crippen molar-refractivity contribution in [1.82, 2.24) is 9.62 Å². The van der Waals surface area contributed by atoms with Crippen molar-refractivity contribution in [2.24, 2.45) is 0 Å². The van der Waals surface area contributed by atoms with Gasteiger partial charge in [0, 0.05) is 13.7 Å². The number of carbonyl (C=O) groups excluding carboxylic acids is 1. The molecule has 118 valence electrons. The molecule has 0 heterocycles. The smallest absolute Gasteiger partial charge is 0.323 e. The third-order valence-corrected chi connectivity index (χ3v) is 4.06. The second-order valence-corrected chi connectivity index (χ2v) is 6.18. The number of rotatable bonds is 10. The summed E-state index contributed by atoms with van der Waals surface area (Å²) >= 11 is 0. The van der Waals surface area contributed by atoms with Crippen LogP contribution in [0.15, 0.2) is 0 Å². The summed E-state index contributed by atoms with van der Waals surface area (Å²) in [5.74, 6) is -1.84. The first-order chi connectivity index (χ1) is 9.23. The lowest BCUT2D eigenvalue weighted by Gasteiger charge is -2.24. The summed E-state index contributed by atoms with van der Waals surface area (Å²) in [7, 11) is -2.11. The summed E-state index contributed by atoms with van der Waals surface area (Å²) in [5.41, 5.74) is 0. The van der Waals surface area contributed by atoms with E-state index in [0.717, 1.165) is 4.90 Å². The molecule has 0 aromatic heterocycles. The van der Waals surface area contributed by atoms with E-state index < -0.39 is 34.5 Å². The Kier molecular flexibility index (Phi) is 8.35. The van der Waals surface area contributed by atoms with Crippen molar-refractivity contribution in [2.45, 2.75) is 26.3 Å². The zero-order chi connectivity index (χ0) is 15.8. The summed E-state index contributed by atoms with van der Waals surface area (Å²) in [6, 6.07) is -1.01. The molecule has 0 aromatic rings. The van der Waals surface area contributed by atoms with Gasteiger partial charge in [-0.15, -0.1) is 0 Å². The van der Waals surface area contributed by atoms with Gasteiger partial charge in [0.1, 0.15) is 6.54 Å². The standard InChI is InChI=1S/C11H22N2O6S/c1-4-7-20(17,18)12-9(2)11(16)13(5-6-19-3)8-10(14)15/h9,12H,4-8H2,1-3H3,(H,14,15). The Labute approximate surface area is 119 Å². The second kappa shape index (κ2) is 8.88. The SMILES string of the molecule is CCCS(=O)(=O)NC(C)C(=O)N(CCOC)CC(=O)O. The molecule has 8 nitrogen and oxygen atoms in total. The lowest BCUT2D eigenvalue weighted by Crippen LogP contribution is -2.49. The first-order valence-electron chi connectivity index (χ1n) is 6.23. The summed E-state index contributed by atoms with van der Waals surface area (Å²) in [6.07, 6.45) is 0.429. The lowest BCUT2D eigenvalue weighted by atomic mass is 10.3. The number of aliphatic carboxylic acids is 1. The fourth-order valence-electron chi connectivity index (χ4n) is 1.55. The maximum atomic E-state index is 12.0. The fraction of sp³-hybridized carbons (Fsp3) is 0.818. The first kappa shape index (κ1) is 18.8. The number of carboxylic acid groups (broad SMARTS) is 1. The van der Waals surface area contributed by atoms with Crippen molar-refractivity contribution in [1.29, 1.82) is 0 Å². The van der Waals surface area contributed by atoms with Gasteiger partial charge in [0.15, 0.2) is 0 Å². The van der Waals surface area contributed by atoms with E-state index >= 15 is 0 Å². The Bertz CT molecular complexity index is 423. The monoisotopic (exact) mass is 310 g/mol. The molecule has 0 radical (unpaired) electrons. The van der Waals surface area contributed by atoms with Crippen molar-refractivity contribution in [3.63, 3.8) is 0 Å². The Morgan fingerprint density at radius 1 is 1.40 bits per heavy atom. The van der Waals surface area contributed by atoms with E-state index in [2.05, 4.69) is 4.72 Å². The highest BCUT2D eigenvalue weighted by atomic mass is 32.2. The number of carbonyl (C=O) groups is 2. The van der Waals surface area contributed by atoms with Crippen LogP contribution in [0.2, 0.25) is 0 Å². The molecule has 0 aliphatic carbocycles. The van der Waals surface area contributed by atoms with Crippen LogP contribution in [0.4, 0.5) is 0 Å². The number of sulfonamides is 1. The van der Waals surface area contributed by atoms with E-state index in [1.807, 2.05) is 0 Å². The second-order valence-electron chi connectivity index (χ2n) is 4.30. The summed E-state index contributed by atoms with van der Waals surface area (Å²) < 4.78 is 30.2. The van der Waals surface area contributed by atoms with E-state index in [9.17, 15) is 18.0 Å². The van der Waals surface area contributed by atoms with Crippen molar-refractivity contribution in [3.05, 3.63) is 0 Å². The van der Waals surface area contributed by atoms with Gasteiger partial charge in [-0.1, -0.05) is 6.92 Å². The Hall–Kier alpha value is -1.19. The first-order valence-corrected chi connectivity index (χ1v) is 7.88. The fourth-order valence-corrected chi connectivity index (χ4v) is 2.85. The van der Waals surface area contributed by atoms with Crippen LogP contribution in [0.1, 0.15) is 20.3 Å². The van der Waals surface area contributed by atoms with E-state index in [-0.39, 0.29) is 18.9 Å². The average molecular weight is 310 g/mol. The highest BCUT2D eigenvalue weighted by molar-refractivity contribution is 7.89. The zero-order valence-corrected chi connectivity index (χ0v) is 12.8. The molecular weight excluding hydrogens is 288 g/mol. The molecule has 0 fully saturated rings. The third kappa shape index (κ3) is 7.41. The van der Waals surface area contributed by atoms with E-state index in [1.54, 1.807) is 6.92 Å². The van der Waals surface area contributed by atoms with Crippen LogP contribution in [0.3, 0.4) is 0 Å².